The van der Waals surface area contributed by atoms with Crippen molar-refractivity contribution in [2.24, 2.45) is 0 Å². The fraction of sp³-hybridized carbons (Fsp3) is 0.333. The highest BCUT2D eigenvalue weighted by Crippen LogP contribution is 2.16. The highest BCUT2D eigenvalue weighted by atomic mass is 32.2. The van der Waals surface area contributed by atoms with Crippen molar-refractivity contribution in [1.29, 1.82) is 0 Å². The summed E-state index contributed by atoms with van der Waals surface area (Å²) in [6.45, 7) is 1.52. The molecule has 0 fully saturated rings. The molecule has 19 heavy (non-hydrogen) atoms. The topological polar surface area (TPSA) is 63.4 Å². The van der Waals surface area contributed by atoms with Crippen LogP contribution in [0.5, 0.6) is 0 Å². The standard InChI is InChI=1S/C12H15N5OS/c1-8(18)9-7-13-11-14-12(19-4)15-17(11)10(9)5-6-16(2)3/h5-7H,1-4H3/b6-5+. The lowest BCUT2D eigenvalue weighted by Gasteiger charge is -2.06. The van der Waals surface area contributed by atoms with Gasteiger partial charge in [-0.2, -0.15) is 9.50 Å². The van der Waals surface area contributed by atoms with Crippen molar-refractivity contribution in [1.82, 2.24) is 24.5 Å². The Morgan fingerprint density at radius 2 is 2.21 bits per heavy atom. The highest BCUT2D eigenvalue weighted by molar-refractivity contribution is 7.98. The van der Waals surface area contributed by atoms with E-state index >= 15 is 0 Å². The average Bonchev–Trinajstić information content (AvgIpc) is 2.78. The minimum Gasteiger partial charge on any atom is -0.383 e. The molecule has 2 aromatic rings. The molecule has 0 aliphatic heterocycles. The SMILES string of the molecule is CSc1nc2ncc(C(C)=O)c(/C=C/N(C)C)n2n1. The summed E-state index contributed by atoms with van der Waals surface area (Å²) in [5.41, 5.74) is 1.22. The second-order valence-corrected chi connectivity index (χ2v) is 4.98. The summed E-state index contributed by atoms with van der Waals surface area (Å²) in [6, 6.07) is 0. The number of Topliss-reactive ketones (excluding diaryl/α,β-unsaturated/α-hetero) is 1. The van der Waals surface area contributed by atoms with Crippen LogP contribution in [0.2, 0.25) is 0 Å². The summed E-state index contributed by atoms with van der Waals surface area (Å²) in [6.07, 6.45) is 7.15. The Balaban J connectivity index is 2.68. The minimum atomic E-state index is -0.0472. The summed E-state index contributed by atoms with van der Waals surface area (Å²) in [7, 11) is 3.83. The third kappa shape index (κ3) is 2.76. The molecule has 0 spiro atoms. The van der Waals surface area contributed by atoms with Crippen molar-refractivity contribution in [3.63, 3.8) is 0 Å². The lowest BCUT2D eigenvalue weighted by atomic mass is 10.1. The fourth-order valence-corrected chi connectivity index (χ4v) is 1.91. The third-order valence-electron chi connectivity index (χ3n) is 2.48. The Kier molecular flexibility index (Phi) is 3.84. The maximum absolute atomic E-state index is 11.7. The van der Waals surface area contributed by atoms with Crippen LogP contribution in [0.4, 0.5) is 0 Å². The van der Waals surface area contributed by atoms with E-state index in [1.54, 1.807) is 10.7 Å². The minimum absolute atomic E-state index is 0.0472. The number of carbonyl (C=O) groups is 1. The number of nitrogens with zero attached hydrogens (tertiary/aromatic N) is 5. The van der Waals surface area contributed by atoms with Crippen LogP contribution >= 0.6 is 11.8 Å². The van der Waals surface area contributed by atoms with Gasteiger partial charge < -0.3 is 4.90 Å². The van der Waals surface area contributed by atoms with Gasteiger partial charge in [0.2, 0.25) is 5.16 Å². The molecule has 0 N–H and O–H groups in total. The smallest absolute Gasteiger partial charge is 0.253 e. The summed E-state index contributed by atoms with van der Waals surface area (Å²) in [4.78, 5) is 22.0. The van der Waals surface area contributed by atoms with E-state index in [9.17, 15) is 4.79 Å². The van der Waals surface area contributed by atoms with Crippen LogP contribution in [0.15, 0.2) is 17.6 Å². The van der Waals surface area contributed by atoms with Crippen LogP contribution in [-0.4, -0.2) is 50.6 Å². The molecular weight excluding hydrogens is 262 g/mol. The van der Waals surface area contributed by atoms with Gasteiger partial charge in [0.25, 0.3) is 5.78 Å². The van der Waals surface area contributed by atoms with E-state index in [-0.39, 0.29) is 5.78 Å². The maximum atomic E-state index is 11.7. The van der Waals surface area contributed by atoms with Crippen molar-refractivity contribution < 1.29 is 4.79 Å². The van der Waals surface area contributed by atoms with Gasteiger partial charge in [0.05, 0.1) is 11.3 Å². The van der Waals surface area contributed by atoms with Gasteiger partial charge in [-0.1, -0.05) is 11.8 Å². The van der Waals surface area contributed by atoms with Crippen molar-refractivity contribution in [3.8, 4) is 0 Å². The Bertz CT molecular complexity index is 647. The van der Waals surface area contributed by atoms with Gasteiger partial charge in [0, 0.05) is 26.5 Å². The van der Waals surface area contributed by atoms with Gasteiger partial charge in [-0.15, -0.1) is 5.10 Å². The lowest BCUT2D eigenvalue weighted by molar-refractivity contribution is 0.101. The third-order valence-corrected chi connectivity index (χ3v) is 3.01. The molecule has 0 atom stereocenters. The predicted octanol–water partition coefficient (Wildman–Crippen LogP) is 1.58. The average molecular weight is 277 g/mol. The van der Waals surface area contributed by atoms with Crippen LogP contribution in [-0.2, 0) is 0 Å². The van der Waals surface area contributed by atoms with Gasteiger partial charge in [-0.3, -0.25) is 4.79 Å². The number of carbonyl (C=O) groups excluding carboxylic acids is 1. The molecule has 0 amide bonds. The van der Waals surface area contributed by atoms with E-state index < -0.39 is 0 Å². The molecule has 0 aliphatic rings. The summed E-state index contributed by atoms with van der Waals surface area (Å²) >= 11 is 1.44. The first-order valence-corrected chi connectivity index (χ1v) is 6.90. The lowest BCUT2D eigenvalue weighted by Crippen LogP contribution is -2.07. The van der Waals surface area contributed by atoms with Crippen LogP contribution in [0, 0.1) is 0 Å². The first-order chi connectivity index (χ1) is 9.02. The van der Waals surface area contributed by atoms with Gasteiger partial charge >= 0.3 is 0 Å². The molecule has 100 valence electrons. The maximum Gasteiger partial charge on any atom is 0.253 e. The van der Waals surface area contributed by atoms with Gasteiger partial charge in [0.15, 0.2) is 5.78 Å². The molecule has 0 unspecified atom stereocenters. The van der Waals surface area contributed by atoms with E-state index in [4.69, 9.17) is 0 Å². The molecule has 6 nitrogen and oxygen atoms in total. The number of fused-ring (bicyclic) bond motifs is 1. The number of hydrogen-bond acceptors (Lipinski definition) is 6. The summed E-state index contributed by atoms with van der Waals surface area (Å²) < 4.78 is 1.60. The number of thioether (sulfide) groups is 1. The Morgan fingerprint density at radius 3 is 2.79 bits per heavy atom. The molecule has 0 aromatic carbocycles. The second kappa shape index (κ2) is 5.40. The van der Waals surface area contributed by atoms with Gasteiger partial charge in [-0.25, -0.2) is 4.98 Å². The molecule has 0 saturated heterocycles. The van der Waals surface area contributed by atoms with Gasteiger partial charge in [-0.05, 0) is 19.3 Å². The Hall–Kier alpha value is -1.89. The first-order valence-electron chi connectivity index (χ1n) is 5.68. The van der Waals surface area contributed by atoms with E-state index in [0.717, 1.165) is 0 Å². The second-order valence-electron chi connectivity index (χ2n) is 4.20. The van der Waals surface area contributed by atoms with E-state index in [1.807, 2.05) is 37.5 Å². The van der Waals surface area contributed by atoms with Gasteiger partial charge in [0.1, 0.15) is 0 Å². The largest absolute Gasteiger partial charge is 0.383 e. The summed E-state index contributed by atoms with van der Waals surface area (Å²) in [5, 5.41) is 4.97. The molecule has 2 heterocycles. The highest BCUT2D eigenvalue weighted by Gasteiger charge is 2.13. The monoisotopic (exact) mass is 277 g/mol. The fourth-order valence-electron chi connectivity index (χ4n) is 1.57. The molecular formula is C12H15N5OS. The van der Waals surface area contributed by atoms with Crippen molar-refractivity contribution in [2.75, 3.05) is 20.4 Å². The van der Waals surface area contributed by atoms with Crippen LogP contribution in [0.3, 0.4) is 0 Å². The number of aromatic nitrogens is 4. The normalized spacial score (nSPS) is 11.4. The molecule has 2 aromatic heterocycles. The van der Waals surface area contributed by atoms with E-state index in [2.05, 4.69) is 15.1 Å². The molecule has 0 bridgehead atoms. The quantitative estimate of drug-likeness (QED) is 0.624. The number of hydrogen-bond donors (Lipinski definition) is 0. The molecule has 7 heteroatoms. The molecule has 2 rings (SSSR count). The first kappa shape index (κ1) is 13.5. The zero-order valence-corrected chi connectivity index (χ0v) is 12.1. The zero-order chi connectivity index (χ0) is 14.0. The van der Waals surface area contributed by atoms with Crippen molar-refractivity contribution in [2.45, 2.75) is 12.1 Å². The summed E-state index contributed by atoms with van der Waals surface area (Å²) in [5.74, 6) is 0.446. The van der Waals surface area contributed by atoms with Crippen LogP contribution < -0.4 is 0 Å². The molecule has 0 radical (unpaired) electrons. The van der Waals surface area contributed by atoms with Crippen molar-refractivity contribution in [3.05, 3.63) is 23.7 Å². The predicted molar refractivity (Wildman–Crippen MR) is 75.3 cm³/mol. The Labute approximate surface area is 115 Å². The van der Waals surface area contributed by atoms with Crippen molar-refractivity contribution >= 4 is 29.4 Å². The van der Waals surface area contributed by atoms with Crippen LogP contribution in [0.1, 0.15) is 23.0 Å². The molecule has 0 saturated carbocycles. The zero-order valence-electron chi connectivity index (χ0n) is 11.3. The van der Waals surface area contributed by atoms with E-state index in [0.29, 0.717) is 22.2 Å². The number of rotatable bonds is 4. The van der Waals surface area contributed by atoms with Crippen LogP contribution in [0.25, 0.3) is 11.9 Å². The number of ketones is 1. The molecule has 0 aliphatic carbocycles. The Morgan fingerprint density at radius 1 is 1.47 bits per heavy atom. The van der Waals surface area contributed by atoms with E-state index in [1.165, 1.54) is 18.7 Å².